The maximum Gasteiger partial charge on any atom is 0.329 e. The van der Waals surface area contributed by atoms with Crippen LogP contribution in [0.15, 0.2) is 65.6 Å². The van der Waals surface area contributed by atoms with E-state index in [1.54, 1.807) is 16.2 Å². The van der Waals surface area contributed by atoms with E-state index in [9.17, 15) is 19.2 Å². The van der Waals surface area contributed by atoms with Crippen LogP contribution >= 0.6 is 0 Å². The van der Waals surface area contributed by atoms with E-state index in [4.69, 9.17) is 4.98 Å². The Morgan fingerprint density at radius 3 is 2.45 bits per heavy atom. The Morgan fingerprint density at radius 1 is 0.855 bits per heavy atom. The maximum absolute atomic E-state index is 13.5. The Kier molecular flexibility index (Phi) is 9.16. The standard InChI is InChI=1S/C43H48N8O4/c1-26-6-7-30(23-32(26)36-22-29(10-16-44-36)35-24-33-34(46-35)11-17-45-41(33)53)50-20-12-27(13-21-50)25-49-18-14-28(15-19-49)31-4-3-5-37-40(31)48(2)43(55)51(37)38-8-9-39(52)47-42(38)54/h3-7,10,16,22-24,27-28,38,46H,8-9,11-15,17-21,25H2,1-2H3,(H,45,53)(H,47,52,54). The van der Waals surface area contributed by atoms with Gasteiger partial charge < -0.3 is 20.1 Å². The molecule has 0 aliphatic carbocycles. The number of imide groups is 1. The van der Waals surface area contributed by atoms with Crippen LogP contribution in [0.25, 0.3) is 33.5 Å². The highest BCUT2D eigenvalue weighted by atomic mass is 16.2. The minimum absolute atomic E-state index is 0.0172. The van der Waals surface area contributed by atoms with Crippen molar-refractivity contribution >= 4 is 34.4 Å². The minimum atomic E-state index is -0.673. The molecule has 4 aliphatic heterocycles. The van der Waals surface area contributed by atoms with Crippen LogP contribution in [0, 0.1) is 12.8 Å². The van der Waals surface area contributed by atoms with Gasteiger partial charge in [0.15, 0.2) is 0 Å². The smallest absolute Gasteiger partial charge is 0.329 e. The number of pyridine rings is 1. The van der Waals surface area contributed by atoms with Gasteiger partial charge in [0.1, 0.15) is 6.04 Å². The van der Waals surface area contributed by atoms with Crippen molar-refractivity contribution in [3.05, 3.63) is 93.7 Å². The van der Waals surface area contributed by atoms with Crippen LogP contribution in [0.2, 0.25) is 0 Å². The van der Waals surface area contributed by atoms with E-state index in [-0.39, 0.29) is 23.9 Å². The molecule has 2 aromatic carbocycles. The van der Waals surface area contributed by atoms with Gasteiger partial charge in [-0.25, -0.2) is 4.79 Å². The quantitative estimate of drug-likeness (QED) is 0.199. The van der Waals surface area contributed by atoms with Crippen LogP contribution in [0.5, 0.6) is 0 Å². The number of imidazole rings is 1. The van der Waals surface area contributed by atoms with Crippen molar-refractivity contribution in [1.29, 1.82) is 0 Å². The van der Waals surface area contributed by atoms with Crippen molar-refractivity contribution in [3.8, 4) is 22.5 Å². The van der Waals surface area contributed by atoms with Crippen LogP contribution in [-0.2, 0) is 23.1 Å². The molecule has 3 aromatic heterocycles. The lowest BCUT2D eigenvalue weighted by Crippen LogP contribution is -2.44. The van der Waals surface area contributed by atoms with Crippen molar-refractivity contribution < 1.29 is 14.4 Å². The highest BCUT2D eigenvalue weighted by Crippen LogP contribution is 2.36. The molecule has 55 heavy (non-hydrogen) atoms. The van der Waals surface area contributed by atoms with Gasteiger partial charge in [0.25, 0.3) is 5.91 Å². The van der Waals surface area contributed by atoms with Gasteiger partial charge >= 0.3 is 5.69 Å². The van der Waals surface area contributed by atoms with Gasteiger partial charge in [0, 0.05) is 80.5 Å². The third kappa shape index (κ3) is 6.56. The number of benzene rings is 2. The summed E-state index contributed by atoms with van der Waals surface area (Å²) in [5.74, 6) is 0.288. The number of anilines is 1. The molecular weight excluding hydrogens is 693 g/mol. The molecule has 4 aliphatic rings. The number of rotatable bonds is 7. The largest absolute Gasteiger partial charge is 0.371 e. The molecule has 0 radical (unpaired) electrons. The lowest BCUT2D eigenvalue weighted by molar-refractivity contribution is -0.135. The molecule has 284 valence electrons. The normalized spacial score (nSPS) is 20.1. The number of carbonyl (C=O) groups excluding carboxylic acids is 3. The number of likely N-dealkylation sites (tertiary alicyclic amines) is 1. The molecule has 3 saturated heterocycles. The number of aryl methyl sites for hydroxylation is 2. The summed E-state index contributed by atoms with van der Waals surface area (Å²) in [6, 6.07) is 18.2. The first-order valence-electron chi connectivity index (χ1n) is 19.8. The van der Waals surface area contributed by atoms with Gasteiger partial charge in [-0.2, -0.15) is 0 Å². The highest BCUT2D eigenvalue weighted by molar-refractivity contribution is 6.00. The summed E-state index contributed by atoms with van der Waals surface area (Å²) in [5.41, 5.74) is 10.8. The van der Waals surface area contributed by atoms with Crippen molar-refractivity contribution in [2.75, 3.05) is 44.2 Å². The number of amides is 3. The van der Waals surface area contributed by atoms with Crippen molar-refractivity contribution in [3.63, 3.8) is 0 Å². The van der Waals surface area contributed by atoms with E-state index in [1.165, 1.54) is 16.8 Å². The van der Waals surface area contributed by atoms with Gasteiger partial charge in [-0.1, -0.05) is 18.2 Å². The number of H-pyrrole nitrogens is 1. The van der Waals surface area contributed by atoms with E-state index in [0.29, 0.717) is 24.8 Å². The average molecular weight is 741 g/mol. The second-order valence-electron chi connectivity index (χ2n) is 15.9. The summed E-state index contributed by atoms with van der Waals surface area (Å²) in [6.07, 6.45) is 7.59. The van der Waals surface area contributed by atoms with Gasteiger partial charge in [-0.3, -0.25) is 33.8 Å². The summed E-state index contributed by atoms with van der Waals surface area (Å²) in [5, 5.41) is 5.34. The lowest BCUT2D eigenvalue weighted by atomic mass is 9.87. The number of fused-ring (bicyclic) bond motifs is 2. The molecule has 12 heteroatoms. The summed E-state index contributed by atoms with van der Waals surface area (Å²) < 4.78 is 3.28. The fourth-order valence-corrected chi connectivity index (χ4v) is 9.47. The first-order valence-corrected chi connectivity index (χ1v) is 19.8. The SMILES string of the molecule is Cc1ccc(N2CCC(CN3CCC(c4cccc5c4n(C)c(=O)n5C4CCC(=O)NC4=O)CC3)CC2)cc1-c1cc(-c2cc3c([nH]2)CCNC3=O)ccn1. The number of hydrogen-bond donors (Lipinski definition) is 3. The number of carbonyl (C=O) groups is 3. The van der Waals surface area contributed by atoms with Crippen molar-refractivity contribution in [2.24, 2.45) is 13.0 Å². The molecular formula is C43H48N8O4. The highest BCUT2D eigenvalue weighted by Gasteiger charge is 2.33. The summed E-state index contributed by atoms with van der Waals surface area (Å²) >= 11 is 0. The van der Waals surface area contributed by atoms with Gasteiger partial charge in [-0.15, -0.1) is 0 Å². The Balaban J connectivity index is 0.826. The first kappa shape index (κ1) is 35.2. The number of aromatic amines is 1. The molecule has 1 atom stereocenters. The fraction of sp³-hybridized carbons (Fsp3) is 0.419. The Morgan fingerprint density at radius 2 is 1.67 bits per heavy atom. The molecule has 0 spiro atoms. The summed E-state index contributed by atoms with van der Waals surface area (Å²) in [6.45, 7) is 7.99. The molecule has 0 bridgehead atoms. The van der Waals surface area contributed by atoms with E-state index in [1.807, 2.05) is 30.5 Å². The second kappa shape index (κ2) is 14.3. The molecule has 3 fully saturated rings. The minimum Gasteiger partial charge on any atom is -0.371 e. The lowest BCUT2D eigenvalue weighted by Gasteiger charge is -2.38. The molecule has 9 rings (SSSR count). The fourth-order valence-electron chi connectivity index (χ4n) is 9.47. The summed E-state index contributed by atoms with van der Waals surface area (Å²) in [4.78, 5) is 63.7. The number of hydrogen-bond acceptors (Lipinski definition) is 7. The third-order valence-corrected chi connectivity index (χ3v) is 12.6. The second-order valence-corrected chi connectivity index (χ2v) is 15.9. The molecule has 3 amide bonds. The van der Waals surface area contributed by atoms with Crippen LogP contribution in [0.3, 0.4) is 0 Å². The molecule has 3 N–H and O–H groups in total. The van der Waals surface area contributed by atoms with Crippen LogP contribution < -0.4 is 21.2 Å². The first-order chi connectivity index (χ1) is 26.7. The molecule has 12 nitrogen and oxygen atoms in total. The zero-order valence-electron chi connectivity index (χ0n) is 31.6. The van der Waals surface area contributed by atoms with Gasteiger partial charge in [0.05, 0.1) is 22.3 Å². The average Bonchev–Trinajstić information content (AvgIpc) is 3.75. The number of para-hydroxylation sites is 1. The molecule has 1 unspecified atom stereocenters. The monoisotopic (exact) mass is 740 g/mol. The summed E-state index contributed by atoms with van der Waals surface area (Å²) in [7, 11) is 1.79. The molecule has 7 heterocycles. The number of nitrogens with one attached hydrogen (secondary N) is 3. The van der Waals surface area contributed by atoms with E-state index in [0.717, 1.165) is 110 Å². The molecule has 0 saturated carbocycles. The van der Waals surface area contributed by atoms with Crippen LogP contribution in [-0.4, -0.2) is 81.0 Å². The maximum atomic E-state index is 13.5. The zero-order valence-corrected chi connectivity index (χ0v) is 31.6. The van der Waals surface area contributed by atoms with Gasteiger partial charge in [0.2, 0.25) is 11.8 Å². The Bertz CT molecular complexity index is 2370. The van der Waals surface area contributed by atoms with E-state index < -0.39 is 11.9 Å². The molecule has 5 aromatic rings. The van der Waals surface area contributed by atoms with E-state index in [2.05, 4.69) is 62.7 Å². The predicted octanol–water partition coefficient (Wildman–Crippen LogP) is 5.07. The van der Waals surface area contributed by atoms with E-state index >= 15 is 0 Å². The number of aromatic nitrogens is 4. The van der Waals surface area contributed by atoms with Crippen molar-refractivity contribution in [1.82, 2.24) is 34.6 Å². The third-order valence-electron chi connectivity index (χ3n) is 12.6. The number of piperidine rings is 3. The Hall–Kier alpha value is -5.49. The zero-order chi connectivity index (χ0) is 37.8. The van der Waals surface area contributed by atoms with Gasteiger partial charge in [-0.05, 0) is 111 Å². The number of nitrogens with zero attached hydrogens (tertiary/aromatic N) is 5. The van der Waals surface area contributed by atoms with Crippen LogP contribution in [0.4, 0.5) is 5.69 Å². The Labute approximate surface area is 319 Å². The van der Waals surface area contributed by atoms with Crippen molar-refractivity contribution in [2.45, 2.75) is 63.8 Å². The topological polar surface area (TPSA) is 137 Å². The predicted molar refractivity (Wildman–Crippen MR) is 212 cm³/mol. The van der Waals surface area contributed by atoms with Crippen LogP contribution in [0.1, 0.15) is 77.7 Å².